The van der Waals surface area contributed by atoms with Crippen LogP contribution in [0.1, 0.15) is 37.6 Å². The minimum Gasteiger partial charge on any atom is -0.443 e. The lowest BCUT2D eigenvalue weighted by atomic mass is 10.1. The summed E-state index contributed by atoms with van der Waals surface area (Å²) >= 11 is 0. The number of amides is 2. The molecule has 0 atom stereocenters. The highest BCUT2D eigenvalue weighted by Gasteiger charge is 2.20. The van der Waals surface area contributed by atoms with Gasteiger partial charge in [0.15, 0.2) is 0 Å². The second-order valence-electron chi connectivity index (χ2n) is 6.79. The minimum atomic E-state index is -0.520. The number of fused-ring (bicyclic) bond motifs is 1. The average molecular weight is 369 g/mol. The van der Waals surface area contributed by atoms with E-state index in [-0.39, 0.29) is 5.91 Å². The van der Waals surface area contributed by atoms with Crippen molar-refractivity contribution in [2.75, 3.05) is 21.5 Å². The van der Waals surface area contributed by atoms with Crippen LogP contribution in [-0.2, 0) is 4.74 Å². The maximum atomic E-state index is 12.4. The van der Waals surface area contributed by atoms with Crippen LogP contribution in [0, 0.1) is 0 Å². The van der Waals surface area contributed by atoms with Gasteiger partial charge in [-0.2, -0.15) is 0 Å². The molecule has 0 spiro atoms. The first-order chi connectivity index (χ1) is 12.9. The smallest absolute Gasteiger partial charge is 0.412 e. The Kier molecular flexibility index (Phi) is 5.18. The first-order valence-electron chi connectivity index (χ1n) is 8.69. The quantitative estimate of drug-likeness (QED) is 0.547. The molecule has 1 aliphatic rings. The second kappa shape index (κ2) is 7.55. The Labute approximate surface area is 157 Å². The van der Waals surface area contributed by atoms with Crippen molar-refractivity contribution < 1.29 is 14.3 Å². The molecule has 2 aromatic carbocycles. The lowest BCUT2D eigenvalue weighted by Gasteiger charge is -2.23. The average Bonchev–Trinajstić information content (AvgIpc) is 3.10. The van der Waals surface area contributed by atoms with Crippen molar-refractivity contribution in [3.8, 4) is 0 Å². The summed E-state index contributed by atoms with van der Waals surface area (Å²) < 4.78 is 5.34. The number of carbonyl (C=O) groups is 2. The van der Waals surface area contributed by atoms with Gasteiger partial charge in [-0.05, 0) is 62.7 Å². The summed E-state index contributed by atoms with van der Waals surface area (Å²) in [6.45, 7) is 5.66. The molecule has 2 aromatic rings. The van der Waals surface area contributed by atoms with E-state index in [1.165, 1.54) is 0 Å². The third-order valence-electron chi connectivity index (χ3n) is 4.29. The zero-order valence-electron chi connectivity index (χ0n) is 15.5. The van der Waals surface area contributed by atoms with E-state index >= 15 is 0 Å². The molecule has 8 nitrogen and oxygen atoms in total. The third-order valence-corrected chi connectivity index (χ3v) is 4.29. The molecular formula is C19H23N5O3. The highest BCUT2D eigenvalue weighted by molar-refractivity contribution is 6.05. The molecular weight excluding hydrogens is 346 g/mol. The summed E-state index contributed by atoms with van der Waals surface area (Å²) in [4.78, 5) is 24.3. The van der Waals surface area contributed by atoms with Gasteiger partial charge in [-0.3, -0.25) is 10.1 Å². The van der Waals surface area contributed by atoms with Gasteiger partial charge in [0, 0.05) is 16.9 Å². The van der Waals surface area contributed by atoms with Crippen molar-refractivity contribution in [1.29, 1.82) is 0 Å². The Balaban J connectivity index is 1.59. The summed E-state index contributed by atoms with van der Waals surface area (Å²) in [5, 5.41) is 5.50. The molecule has 1 heterocycles. The Bertz CT molecular complexity index is 849. The summed E-state index contributed by atoms with van der Waals surface area (Å²) in [6.07, 6.45) is 0.210. The lowest BCUT2D eigenvalue weighted by molar-refractivity contribution is 0.0462. The van der Waals surface area contributed by atoms with Gasteiger partial charge >= 0.3 is 6.09 Å². The molecule has 142 valence electrons. The predicted octanol–water partition coefficient (Wildman–Crippen LogP) is 3.93. The van der Waals surface area contributed by atoms with Crippen LogP contribution in [0.25, 0.3) is 0 Å². The molecule has 27 heavy (non-hydrogen) atoms. The monoisotopic (exact) mass is 369 g/mol. The van der Waals surface area contributed by atoms with Crippen molar-refractivity contribution in [3.05, 3.63) is 48.0 Å². The first kappa shape index (κ1) is 18.5. The second-order valence-corrected chi connectivity index (χ2v) is 6.79. The van der Waals surface area contributed by atoms with E-state index in [0.29, 0.717) is 16.9 Å². The van der Waals surface area contributed by atoms with Gasteiger partial charge in [0.1, 0.15) is 5.60 Å². The van der Waals surface area contributed by atoms with E-state index in [2.05, 4.69) is 27.0 Å². The molecule has 0 bridgehead atoms. The highest BCUT2D eigenvalue weighted by Crippen LogP contribution is 2.25. The Hall–Kier alpha value is -3.26. The number of nitrogens with one attached hydrogen (secondary N) is 5. The highest BCUT2D eigenvalue weighted by atomic mass is 16.6. The van der Waals surface area contributed by atoms with Crippen LogP contribution in [0.2, 0.25) is 0 Å². The Morgan fingerprint density at radius 2 is 1.59 bits per heavy atom. The Morgan fingerprint density at radius 3 is 2.26 bits per heavy atom. The molecule has 8 heteroatoms. The summed E-state index contributed by atoms with van der Waals surface area (Å²) in [5.41, 5.74) is 11.5. The predicted molar refractivity (Wildman–Crippen MR) is 106 cm³/mol. The minimum absolute atomic E-state index is 0.226. The van der Waals surface area contributed by atoms with E-state index in [4.69, 9.17) is 4.74 Å². The summed E-state index contributed by atoms with van der Waals surface area (Å²) in [7, 11) is 0. The van der Waals surface area contributed by atoms with Crippen LogP contribution in [0.5, 0.6) is 0 Å². The van der Waals surface area contributed by atoms with Gasteiger partial charge in [-0.1, -0.05) is 6.92 Å². The lowest BCUT2D eigenvalue weighted by Crippen LogP contribution is -2.29. The van der Waals surface area contributed by atoms with E-state index in [1.54, 1.807) is 36.4 Å². The molecule has 0 aliphatic carbocycles. The number of benzene rings is 2. The van der Waals surface area contributed by atoms with Crippen LogP contribution in [-0.4, -0.2) is 17.6 Å². The SMILES string of the molecule is CCC(C)(C)OC(=O)Nc1ccc(NC(=O)c2ccc3c(c2)NNN3)cc1. The molecule has 0 saturated carbocycles. The van der Waals surface area contributed by atoms with Crippen molar-refractivity contribution >= 4 is 34.7 Å². The van der Waals surface area contributed by atoms with E-state index in [0.717, 1.165) is 17.8 Å². The molecule has 2 amide bonds. The number of rotatable bonds is 5. The third kappa shape index (κ3) is 4.68. The van der Waals surface area contributed by atoms with E-state index in [1.807, 2.05) is 26.8 Å². The van der Waals surface area contributed by atoms with Gasteiger partial charge in [0.2, 0.25) is 0 Å². The molecule has 0 aromatic heterocycles. The van der Waals surface area contributed by atoms with Crippen molar-refractivity contribution in [2.45, 2.75) is 32.8 Å². The largest absolute Gasteiger partial charge is 0.443 e. The normalized spacial score (nSPS) is 12.4. The molecule has 3 rings (SSSR count). The maximum Gasteiger partial charge on any atom is 0.412 e. The van der Waals surface area contributed by atoms with Crippen LogP contribution in [0.15, 0.2) is 42.5 Å². The van der Waals surface area contributed by atoms with Gasteiger partial charge < -0.3 is 20.9 Å². The number of hydrogen-bond acceptors (Lipinski definition) is 6. The van der Waals surface area contributed by atoms with Gasteiger partial charge in [0.05, 0.1) is 11.4 Å². The number of anilines is 4. The fourth-order valence-corrected chi connectivity index (χ4v) is 2.37. The summed E-state index contributed by atoms with van der Waals surface area (Å²) in [6, 6.07) is 12.1. The first-order valence-corrected chi connectivity index (χ1v) is 8.69. The molecule has 0 fully saturated rings. The number of ether oxygens (including phenoxy) is 1. The van der Waals surface area contributed by atoms with Gasteiger partial charge in [-0.25, -0.2) is 4.79 Å². The number of hydrazine groups is 2. The zero-order chi connectivity index (χ0) is 19.4. The van der Waals surface area contributed by atoms with E-state index < -0.39 is 11.7 Å². The fraction of sp³-hybridized carbons (Fsp3) is 0.263. The zero-order valence-corrected chi connectivity index (χ0v) is 15.5. The Morgan fingerprint density at radius 1 is 0.963 bits per heavy atom. The van der Waals surface area contributed by atoms with Crippen LogP contribution in [0.3, 0.4) is 0 Å². The maximum absolute atomic E-state index is 12.4. The molecule has 0 saturated heterocycles. The molecule has 5 N–H and O–H groups in total. The summed E-state index contributed by atoms with van der Waals surface area (Å²) in [5.74, 6) is -0.226. The number of hydrogen-bond donors (Lipinski definition) is 5. The molecule has 0 unspecified atom stereocenters. The van der Waals surface area contributed by atoms with Crippen molar-refractivity contribution in [1.82, 2.24) is 5.53 Å². The van der Waals surface area contributed by atoms with Crippen molar-refractivity contribution in [2.24, 2.45) is 0 Å². The van der Waals surface area contributed by atoms with Gasteiger partial charge in [-0.15, -0.1) is 5.53 Å². The van der Waals surface area contributed by atoms with Gasteiger partial charge in [0.25, 0.3) is 5.91 Å². The molecule has 0 radical (unpaired) electrons. The standard InChI is InChI=1S/C19H23N5O3/c1-4-19(2,3)27-18(26)21-14-8-6-13(7-9-14)20-17(25)12-5-10-15-16(11-12)23-24-22-15/h5-11,22-24H,4H2,1-3H3,(H,20,25)(H,21,26). The fourth-order valence-electron chi connectivity index (χ4n) is 2.37. The van der Waals surface area contributed by atoms with Crippen LogP contribution < -0.4 is 27.0 Å². The topological polar surface area (TPSA) is 104 Å². The molecule has 1 aliphatic heterocycles. The van der Waals surface area contributed by atoms with Crippen molar-refractivity contribution in [3.63, 3.8) is 0 Å². The van der Waals surface area contributed by atoms with Crippen LogP contribution >= 0.6 is 0 Å². The van der Waals surface area contributed by atoms with Crippen LogP contribution in [0.4, 0.5) is 27.5 Å². The number of carbonyl (C=O) groups excluding carboxylic acids is 2. The van der Waals surface area contributed by atoms with E-state index in [9.17, 15) is 9.59 Å².